The number of rotatable bonds is 8. The topological polar surface area (TPSA) is 88.8 Å². The van der Waals surface area contributed by atoms with Crippen LogP contribution in [0.5, 0.6) is 5.75 Å². The van der Waals surface area contributed by atoms with Gasteiger partial charge >= 0.3 is 5.97 Å². The van der Waals surface area contributed by atoms with Gasteiger partial charge in [0, 0.05) is 12.0 Å². The molecule has 0 saturated heterocycles. The summed E-state index contributed by atoms with van der Waals surface area (Å²) in [6, 6.07) is 9.20. The standard InChI is InChI=1S/C20H25NO5/c1-13-5-7-16(14(2)11-13)25-12-15-6-8-17(26-15)19(24)21-20(3,4)10-9-18(22)23/h5-8,11H,9-10,12H2,1-4H3,(H,21,24)(H,22,23). The third-order valence-corrected chi connectivity index (χ3v) is 4.00. The van der Waals surface area contributed by atoms with Crippen molar-refractivity contribution in [1.82, 2.24) is 5.32 Å². The molecule has 0 spiro atoms. The summed E-state index contributed by atoms with van der Waals surface area (Å²) < 4.78 is 11.3. The average Bonchev–Trinajstić information content (AvgIpc) is 3.01. The van der Waals surface area contributed by atoms with Gasteiger partial charge in [-0.05, 0) is 57.9 Å². The number of ether oxygens (including phenoxy) is 1. The zero-order valence-corrected chi connectivity index (χ0v) is 15.6. The Hall–Kier alpha value is -2.76. The highest BCUT2D eigenvalue weighted by Gasteiger charge is 2.23. The van der Waals surface area contributed by atoms with Gasteiger partial charge in [0.05, 0.1) is 0 Å². The Kier molecular flexibility index (Phi) is 6.08. The van der Waals surface area contributed by atoms with Crippen LogP contribution in [0.1, 0.15) is 54.1 Å². The van der Waals surface area contributed by atoms with Gasteiger partial charge in [-0.1, -0.05) is 17.7 Å². The molecule has 0 aliphatic heterocycles. The first-order chi connectivity index (χ1) is 12.2. The monoisotopic (exact) mass is 359 g/mol. The molecule has 0 atom stereocenters. The largest absolute Gasteiger partial charge is 0.485 e. The lowest BCUT2D eigenvalue weighted by Gasteiger charge is -2.24. The molecule has 0 aliphatic rings. The zero-order chi connectivity index (χ0) is 19.3. The molecule has 0 aliphatic carbocycles. The summed E-state index contributed by atoms with van der Waals surface area (Å²) in [4.78, 5) is 23.0. The molecule has 1 heterocycles. The first-order valence-electron chi connectivity index (χ1n) is 8.49. The molecule has 0 fully saturated rings. The maximum Gasteiger partial charge on any atom is 0.303 e. The summed E-state index contributed by atoms with van der Waals surface area (Å²) in [5, 5.41) is 11.6. The number of aliphatic carboxylic acids is 1. The number of carboxylic acid groups (broad SMARTS) is 1. The number of hydrogen-bond donors (Lipinski definition) is 2. The Morgan fingerprint density at radius 1 is 1.19 bits per heavy atom. The van der Waals surface area contributed by atoms with E-state index in [0.29, 0.717) is 12.2 Å². The van der Waals surface area contributed by atoms with Crippen LogP contribution in [0.3, 0.4) is 0 Å². The molecule has 6 heteroatoms. The molecular formula is C20H25NO5. The van der Waals surface area contributed by atoms with Gasteiger partial charge in [-0.25, -0.2) is 0 Å². The molecule has 1 aromatic heterocycles. The van der Waals surface area contributed by atoms with Gasteiger partial charge in [-0.2, -0.15) is 0 Å². The van der Waals surface area contributed by atoms with Gasteiger partial charge < -0.3 is 19.6 Å². The zero-order valence-electron chi connectivity index (χ0n) is 15.6. The van der Waals surface area contributed by atoms with Crippen molar-refractivity contribution in [2.24, 2.45) is 0 Å². The molecule has 2 rings (SSSR count). The summed E-state index contributed by atoms with van der Waals surface area (Å²) in [7, 11) is 0. The average molecular weight is 359 g/mol. The van der Waals surface area contributed by atoms with Crippen LogP contribution in [0.2, 0.25) is 0 Å². The summed E-state index contributed by atoms with van der Waals surface area (Å²) >= 11 is 0. The lowest BCUT2D eigenvalue weighted by molar-refractivity contribution is -0.137. The van der Waals surface area contributed by atoms with E-state index in [9.17, 15) is 9.59 Å². The minimum atomic E-state index is -0.892. The number of amides is 1. The Balaban J connectivity index is 1.94. The maximum atomic E-state index is 12.3. The summed E-state index contributed by atoms with van der Waals surface area (Å²) in [6.45, 7) is 7.77. The van der Waals surface area contributed by atoms with Crippen LogP contribution >= 0.6 is 0 Å². The number of carbonyl (C=O) groups excluding carboxylic acids is 1. The van der Waals surface area contributed by atoms with E-state index < -0.39 is 11.5 Å². The van der Waals surface area contributed by atoms with Crippen LogP contribution in [-0.2, 0) is 11.4 Å². The number of nitrogens with one attached hydrogen (secondary N) is 1. The van der Waals surface area contributed by atoms with Crippen molar-refractivity contribution in [2.75, 3.05) is 0 Å². The number of hydrogen-bond acceptors (Lipinski definition) is 4. The van der Waals surface area contributed by atoms with Crippen molar-refractivity contribution >= 4 is 11.9 Å². The fourth-order valence-electron chi connectivity index (χ4n) is 2.54. The summed E-state index contributed by atoms with van der Waals surface area (Å²) in [6.07, 6.45) is 0.317. The van der Waals surface area contributed by atoms with Crippen LogP contribution in [0.15, 0.2) is 34.7 Å². The van der Waals surface area contributed by atoms with Crippen LogP contribution in [0, 0.1) is 13.8 Å². The highest BCUT2D eigenvalue weighted by Crippen LogP contribution is 2.21. The molecule has 2 aromatic rings. The SMILES string of the molecule is Cc1ccc(OCc2ccc(C(=O)NC(C)(C)CCC(=O)O)o2)c(C)c1. The van der Waals surface area contributed by atoms with E-state index in [4.69, 9.17) is 14.3 Å². The second kappa shape index (κ2) is 8.08. The molecule has 1 aromatic carbocycles. The van der Waals surface area contributed by atoms with E-state index in [1.807, 2.05) is 32.0 Å². The molecule has 0 saturated carbocycles. The second-order valence-electron chi connectivity index (χ2n) is 7.06. The molecule has 26 heavy (non-hydrogen) atoms. The van der Waals surface area contributed by atoms with Crippen molar-refractivity contribution in [2.45, 2.75) is 52.7 Å². The minimum absolute atomic E-state index is 0.0135. The predicted molar refractivity (Wildman–Crippen MR) is 97.4 cm³/mol. The molecular weight excluding hydrogens is 334 g/mol. The molecule has 1 amide bonds. The summed E-state index contributed by atoms with van der Waals surface area (Å²) in [5.74, 6) is 0.216. The minimum Gasteiger partial charge on any atom is -0.485 e. The number of carboxylic acids is 1. The van der Waals surface area contributed by atoms with Gasteiger partial charge in [0.2, 0.25) is 0 Å². The van der Waals surface area contributed by atoms with Gasteiger partial charge in [0.1, 0.15) is 18.1 Å². The fourth-order valence-corrected chi connectivity index (χ4v) is 2.54. The first-order valence-corrected chi connectivity index (χ1v) is 8.49. The maximum absolute atomic E-state index is 12.3. The number of benzene rings is 1. The van der Waals surface area contributed by atoms with Gasteiger partial charge in [-0.15, -0.1) is 0 Å². The summed E-state index contributed by atoms with van der Waals surface area (Å²) in [5.41, 5.74) is 1.56. The van der Waals surface area contributed by atoms with Crippen molar-refractivity contribution in [3.8, 4) is 5.75 Å². The van der Waals surface area contributed by atoms with E-state index >= 15 is 0 Å². The molecule has 2 N–H and O–H groups in total. The highest BCUT2D eigenvalue weighted by molar-refractivity contribution is 5.92. The lowest BCUT2D eigenvalue weighted by atomic mass is 9.98. The van der Waals surface area contributed by atoms with Gasteiger partial charge in [0.25, 0.3) is 5.91 Å². The van der Waals surface area contributed by atoms with Gasteiger partial charge in [-0.3, -0.25) is 9.59 Å². The van der Waals surface area contributed by atoms with Crippen LogP contribution in [0.4, 0.5) is 0 Å². The molecule has 140 valence electrons. The van der Waals surface area contributed by atoms with Crippen molar-refractivity contribution in [1.29, 1.82) is 0 Å². The molecule has 0 bridgehead atoms. The van der Waals surface area contributed by atoms with E-state index in [1.165, 1.54) is 0 Å². The fraction of sp³-hybridized carbons (Fsp3) is 0.400. The number of furan rings is 1. The lowest BCUT2D eigenvalue weighted by Crippen LogP contribution is -2.43. The smallest absolute Gasteiger partial charge is 0.303 e. The van der Waals surface area contributed by atoms with Gasteiger partial charge in [0.15, 0.2) is 5.76 Å². The van der Waals surface area contributed by atoms with Crippen molar-refractivity contribution < 1.29 is 23.8 Å². The van der Waals surface area contributed by atoms with E-state index in [2.05, 4.69) is 5.32 Å². The Bertz CT molecular complexity index is 791. The molecule has 6 nitrogen and oxygen atoms in total. The first kappa shape index (κ1) is 19.6. The Morgan fingerprint density at radius 2 is 1.92 bits per heavy atom. The number of carbonyl (C=O) groups is 2. The third kappa shape index (κ3) is 5.65. The van der Waals surface area contributed by atoms with Crippen LogP contribution in [-0.4, -0.2) is 22.5 Å². The van der Waals surface area contributed by atoms with Crippen molar-refractivity contribution in [3.63, 3.8) is 0 Å². The van der Waals surface area contributed by atoms with Crippen LogP contribution in [0.25, 0.3) is 0 Å². The molecule has 0 radical (unpaired) electrons. The normalized spacial score (nSPS) is 11.2. The predicted octanol–water partition coefficient (Wildman–Crippen LogP) is 3.85. The quantitative estimate of drug-likeness (QED) is 0.747. The van der Waals surface area contributed by atoms with Crippen LogP contribution < -0.4 is 10.1 Å². The Labute approximate surface area is 153 Å². The molecule has 0 unspecified atom stereocenters. The van der Waals surface area contributed by atoms with E-state index in [-0.39, 0.29) is 24.7 Å². The Morgan fingerprint density at radius 3 is 2.58 bits per heavy atom. The third-order valence-electron chi connectivity index (χ3n) is 4.00. The highest BCUT2D eigenvalue weighted by atomic mass is 16.5. The van der Waals surface area contributed by atoms with E-state index in [1.54, 1.807) is 26.0 Å². The second-order valence-corrected chi connectivity index (χ2v) is 7.06. The number of aryl methyl sites for hydroxylation is 2. The van der Waals surface area contributed by atoms with Crippen molar-refractivity contribution in [3.05, 3.63) is 53.0 Å². The van der Waals surface area contributed by atoms with E-state index in [0.717, 1.165) is 16.9 Å².